The first-order valence-corrected chi connectivity index (χ1v) is 9.90. The van der Waals surface area contributed by atoms with Crippen LogP contribution in [0.4, 0.5) is 0 Å². The molecule has 9 heteroatoms. The summed E-state index contributed by atoms with van der Waals surface area (Å²) in [6.07, 6.45) is 1.12. The number of aromatic nitrogens is 2. The third-order valence-corrected chi connectivity index (χ3v) is 6.29. The van der Waals surface area contributed by atoms with Gasteiger partial charge >= 0.3 is 5.97 Å². The van der Waals surface area contributed by atoms with Crippen molar-refractivity contribution in [1.29, 1.82) is 0 Å². The van der Waals surface area contributed by atoms with Gasteiger partial charge in [-0.25, -0.2) is 0 Å². The lowest BCUT2D eigenvalue weighted by Crippen LogP contribution is -2.36. The van der Waals surface area contributed by atoms with Crippen molar-refractivity contribution < 1.29 is 14.1 Å². The summed E-state index contributed by atoms with van der Waals surface area (Å²) in [5.74, 6) is 2.77. The summed E-state index contributed by atoms with van der Waals surface area (Å²) in [6, 6.07) is 4.29. The molecule has 0 aromatic carbocycles. The number of carbonyl (C=O) groups is 1. The fourth-order valence-electron chi connectivity index (χ4n) is 2.24. The number of carbonyl (C=O) groups excluding carboxylic acids is 1. The molecule has 1 fully saturated rings. The Morgan fingerprint density at radius 1 is 1.57 bits per heavy atom. The first-order valence-electron chi connectivity index (χ1n) is 7.13. The number of nitrogens with zero attached hydrogens (tertiary/aromatic N) is 3. The predicted molar refractivity (Wildman–Crippen MR) is 93.5 cm³/mol. The van der Waals surface area contributed by atoms with Gasteiger partial charge in [-0.1, -0.05) is 5.16 Å². The molecule has 0 amide bonds. The van der Waals surface area contributed by atoms with Crippen LogP contribution in [0.15, 0.2) is 20.4 Å². The number of thioether (sulfide) groups is 1. The highest BCUT2D eigenvalue weighted by molar-refractivity contribution is 9.11. The van der Waals surface area contributed by atoms with E-state index in [0.717, 1.165) is 26.6 Å². The molecule has 1 saturated heterocycles. The molecule has 2 aromatic heterocycles. The maximum Gasteiger partial charge on any atom is 0.320 e. The van der Waals surface area contributed by atoms with Crippen LogP contribution in [-0.4, -0.2) is 52.1 Å². The summed E-state index contributed by atoms with van der Waals surface area (Å²) in [5, 5.41) is 3.90. The van der Waals surface area contributed by atoms with Crippen molar-refractivity contribution in [2.24, 2.45) is 0 Å². The Kier molecular flexibility index (Phi) is 5.73. The van der Waals surface area contributed by atoms with Gasteiger partial charge in [0, 0.05) is 11.8 Å². The minimum Gasteiger partial charge on any atom is -0.455 e. The van der Waals surface area contributed by atoms with Crippen LogP contribution in [0, 0.1) is 0 Å². The molecule has 124 valence electrons. The van der Waals surface area contributed by atoms with Crippen LogP contribution in [0.3, 0.4) is 0 Å². The number of halogens is 1. The van der Waals surface area contributed by atoms with E-state index in [4.69, 9.17) is 9.26 Å². The van der Waals surface area contributed by atoms with Gasteiger partial charge in [-0.3, -0.25) is 9.69 Å². The average molecular weight is 418 g/mol. The lowest BCUT2D eigenvalue weighted by molar-refractivity contribution is -0.147. The Morgan fingerprint density at radius 3 is 3.13 bits per heavy atom. The molecule has 23 heavy (non-hydrogen) atoms. The predicted octanol–water partition coefficient (Wildman–Crippen LogP) is 3.04. The van der Waals surface area contributed by atoms with Crippen LogP contribution in [0.2, 0.25) is 0 Å². The maximum atomic E-state index is 11.9. The van der Waals surface area contributed by atoms with Crippen molar-refractivity contribution in [1.82, 2.24) is 15.0 Å². The number of rotatable bonds is 6. The van der Waals surface area contributed by atoms with E-state index in [9.17, 15) is 4.79 Å². The van der Waals surface area contributed by atoms with Gasteiger partial charge in [0.1, 0.15) is 0 Å². The number of hydrogen-bond donors (Lipinski definition) is 0. The summed E-state index contributed by atoms with van der Waals surface area (Å²) in [7, 11) is 1.96. The zero-order valence-electron chi connectivity index (χ0n) is 12.5. The molecule has 6 nitrogen and oxygen atoms in total. The third-order valence-electron chi connectivity index (χ3n) is 3.53. The van der Waals surface area contributed by atoms with Crippen molar-refractivity contribution in [2.75, 3.05) is 25.1 Å². The molecule has 0 radical (unpaired) electrons. The van der Waals surface area contributed by atoms with Crippen LogP contribution in [0.1, 0.15) is 12.3 Å². The van der Waals surface area contributed by atoms with E-state index < -0.39 is 0 Å². The van der Waals surface area contributed by atoms with E-state index in [1.165, 1.54) is 11.3 Å². The first-order chi connectivity index (χ1) is 11.1. The van der Waals surface area contributed by atoms with Crippen LogP contribution >= 0.6 is 39.0 Å². The molecule has 0 spiro atoms. The van der Waals surface area contributed by atoms with Gasteiger partial charge in [-0.2, -0.15) is 16.7 Å². The third kappa shape index (κ3) is 4.56. The quantitative estimate of drug-likeness (QED) is 0.668. The van der Waals surface area contributed by atoms with Crippen LogP contribution < -0.4 is 0 Å². The van der Waals surface area contributed by atoms with Gasteiger partial charge < -0.3 is 9.26 Å². The molecule has 0 aliphatic carbocycles. The van der Waals surface area contributed by atoms with Gasteiger partial charge in [0.2, 0.25) is 5.82 Å². The van der Waals surface area contributed by atoms with Crippen molar-refractivity contribution in [3.8, 4) is 10.7 Å². The maximum absolute atomic E-state index is 11.9. The second kappa shape index (κ2) is 7.78. The van der Waals surface area contributed by atoms with E-state index in [2.05, 4.69) is 26.1 Å². The largest absolute Gasteiger partial charge is 0.455 e. The zero-order valence-corrected chi connectivity index (χ0v) is 15.7. The molecule has 1 aliphatic heterocycles. The van der Waals surface area contributed by atoms with Gasteiger partial charge in [0.15, 0.2) is 6.61 Å². The number of hydrogen-bond acceptors (Lipinski definition) is 8. The second-order valence-corrected chi connectivity index (χ2v) is 8.82. The highest BCUT2D eigenvalue weighted by Gasteiger charge is 2.22. The highest BCUT2D eigenvalue weighted by Crippen LogP contribution is 2.29. The smallest absolute Gasteiger partial charge is 0.320 e. The van der Waals surface area contributed by atoms with E-state index >= 15 is 0 Å². The van der Waals surface area contributed by atoms with Crippen molar-refractivity contribution in [2.45, 2.75) is 19.1 Å². The average Bonchev–Trinajstić information content (AvgIpc) is 3.26. The lowest BCUT2D eigenvalue weighted by atomic mass is 10.2. The standard InChI is InChI=1S/C14H16BrN3O3S2/c1-18(9-4-5-22-8-9)6-13(19)20-7-12-16-14(17-21-12)10-2-3-11(15)23-10/h2-3,9H,4-8H2,1H3. The topological polar surface area (TPSA) is 68.5 Å². The minimum absolute atomic E-state index is 0.00559. The summed E-state index contributed by atoms with van der Waals surface area (Å²) in [6.45, 7) is 0.287. The van der Waals surface area contributed by atoms with E-state index in [1.807, 2.05) is 35.8 Å². The van der Waals surface area contributed by atoms with Gasteiger partial charge in [0.25, 0.3) is 5.89 Å². The molecule has 1 aliphatic rings. The van der Waals surface area contributed by atoms with Crippen LogP contribution in [0.5, 0.6) is 0 Å². The van der Waals surface area contributed by atoms with E-state index in [0.29, 0.717) is 17.8 Å². The Balaban J connectivity index is 1.48. The molecular weight excluding hydrogens is 402 g/mol. The Labute approximate surface area is 150 Å². The van der Waals surface area contributed by atoms with Gasteiger partial charge in [0.05, 0.1) is 15.2 Å². The molecular formula is C14H16BrN3O3S2. The van der Waals surface area contributed by atoms with Gasteiger partial charge in [-0.15, -0.1) is 11.3 Å². The molecule has 0 N–H and O–H groups in total. The fraction of sp³-hybridized carbons (Fsp3) is 0.500. The zero-order chi connectivity index (χ0) is 16.2. The molecule has 1 atom stereocenters. The summed E-state index contributed by atoms with van der Waals surface area (Å²) in [4.78, 5) is 19.1. The lowest BCUT2D eigenvalue weighted by Gasteiger charge is -2.21. The van der Waals surface area contributed by atoms with Crippen LogP contribution in [0.25, 0.3) is 10.7 Å². The SMILES string of the molecule is CN(CC(=O)OCc1nc(-c2ccc(Br)s2)no1)C1CCSC1. The first kappa shape index (κ1) is 16.9. The monoisotopic (exact) mass is 417 g/mol. The van der Waals surface area contributed by atoms with E-state index in [1.54, 1.807) is 0 Å². The fourth-order valence-corrected chi connectivity index (χ4v) is 4.85. The van der Waals surface area contributed by atoms with Crippen molar-refractivity contribution in [3.05, 3.63) is 21.8 Å². The normalized spacial score (nSPS) is 17.8. The number of ether oxygens (including phenoxy) is 1. The molecule has 3 rings (SSSR count). The number of thiophene rings is 1. The molecule has 2 aromatic rings. The van der Waals surface area contributed by atoms with E-state index in [-0.39, 0.29) is 19.1 Å². The highest BCUT2D eigenvalue weighted by atomic mass is 79.9. The minimum atomic E-state index is -0.275. The Hall–Kier alpha value is -0.900. The molecule has 0 bridgehead atoms. The Bertz CT molecular complexity index is 670. The summed E-state index contributed by atoms with van der Waals surface area (Å²) >= 11 is 6.83. The molecule has 3 heterocycles. The molecule has 1 unspecified atom stereocenters. The van der Waals surface area contributed by atoms with Crippen molar-refractivity contribution in [3.63, 3.8) is 0 Å². The second-order valence-electron chi connectivity index (χ2n) is 5.21. The van der Waals surface area contributed by atoms with Crippen LogP contribution in [-0.2, 0) is 16.1 Å². The summed E-state index contributed by atoms with van der Waals surface area (Å²) in [5.41, 5.74) is 0. The number of esters is 1. The Morgan fingerprint density at radius 2 is 2.43 bits per heavy atom. The van der Waals surface area contributed by atoms with Crippen molar-refractivity contribution >= 4 is 45.0 Å². The molecule has 0 saturated carbocycles. The number of likely N-dealkylation sites (N-methyl/N-ethyl adjacent to an activating group) is 1. The summed E-state index contributed by atoms with van der Waals surface area (Å²) < 4.78 is 11.3. The van der Waals surface area contributed by atoms with Gasteiger partial charge in [-0.05, 0) is 47.3 Å².